The molecule has 0 saturated carbocycles. The van der Waals surface area contributed by atoms with Crippen LogP contribution in [0.4, 0.5) is 0 Å². The van der Waals surface area contributed by atoms with Crippen LogP contribution in [0.1, 0.15) is 12.5 Å². The summed E-state index contributed by atoms with van der Waals surface area (Å²) < 4.78 is 26.6. The topological polar surface area (TPSA) is 83.7 Å². The summed E-state index contributed by atoms with van der Waals surface area (Å²) >= 11 is 0. The van der Waals surface area contributed by atoms with Crippen LogP contribution in [0.15, 0.2) is 29.2 Å². The number of nitrogens with zero attached hydrogens (tertiary/aromatic N) is 2. The molecule has 1 aromatic rings. The third kappa shape index (κ3) is 4.44. The van der Waals surface area contributed by atoms with Gasteiger partial charge in [-0.3, -0.25) is 4.79 Å². The highest BCUT2D eigenvalue weighted by Crippen LogP contribution is 2.18. The third-order valence-corrected chi connectivity index (χ3v) is 5.90. The number of hydrogen-bond donors (Lipinski definition) is 1. The molecule has 130 valence electrons. The lowest BCUT2D eigenvalue weighted by molar-refractivity contribution is -0.135. The van der Waals surface area contributed by atoms with Crippen molar-refractivity contribution < 1.29 is 13.2 Å². The molecule has 0 spiro atoms. The van der Waals surface area contributed by atoms with E-state index in [1.807, 2.05) is 6.92 Å². The zero-order valence-electron chi connectivity index (χ0n) is 13.4. The number of hydrogen-bond acceptors (Lipinski definition) is 4. The van der Waals surface area contributed by atoms with Crippen molar-refractivity contribution in [1.29, 1.82) is 0 Å². The molecule has 1 heterocycles. The normalized spacial score (nSPS) is 17.4. The van der Waals surface area contributed by atoms with Gasteiger partial charge in [-0.1, -0.05) is 24.6 Å². The fraction of sp³-hybridized carbons (Fsp3) is 0.533. The number of amides is 1. The Hall–Kier alpha value is -1.15. The van der Waals surface area contributed by atoms with Crippen LogP contribution in [-0.4, -0.2) is 56.3 Å². The van der Waals surface area contributed by atoms with Gasteiger partial charge in [-0.15, -0.1) is 12.4 Å². The van der Waals surface area contributed by atoms with Crippen LogP contribution < -0.4 is 5.73 Å². The largest absolute Gasteiger partial charge is 0.340 e. The standard InChI is InChI=1S/C15H23N3O3S.ClH/c1-12-3-5-14(6-4-12)22(20,21)18-9-7-17(8-10-18)15(19)13(2)11-16;/h3-6,13H,7-11,16H2,1-2H3;1H. The molecule has 1 fully saturated rings. The van der Waals surface area contributed by atoms with Crippen molar-refractivity contribution in [2.24, 2.45) is 11.7 Å². The molecule has 8 heteroatoms. The lowest BCUT2D eigenvalue weighted by Crippen LogP contribution is -2.52. The van der Waals surface area contributed by atoms with Crippen molar-refractivity contribution in [3.05, 3.63) is 29.8 Å². The van der Waals surface area contributed by atoms with Crippen molar-refractivity contribution in [3.8, 4) is 0 Å². The first-order valence-electron chi connectivity index (χ1n) is 7.42. The Morgan fingerprint density at radius 1 is 1.17 bits per heavy atom. The maximum atomic E-state index is 12.6. The molecule has 1 saturated heterocycles. The average molecular weight is 362 g/mol. The van der Waals surface area contributed by atoms with Crippen LogP contribution in [0.3, 0.4) is 0 Å². The molecule has 1 amide bonds. The minimum Gasteiger partial charge on any atom is -0.340 e. The smallest absolute Gasteiger partial charge is 0.243 e. The van der Waals surface area contributed by atoms with Crippen molar-refractivity contribution in [2.75, 3.05) is 32.7 Å². The molecule has 0 aliphatic carbocycles. The molecule has 1 aromatic carbocycles. The monoisotopic (exact) mass is 361 g/mol. The molecule has 23 heavy (non-hydrogen) atoms. The number of halogens is 1. The van der Waals surface area contributed by atoms with Crippen LogP contribution in [0, 0.1) is 12.8 Å². The first-order valence-corrected chi connectivity index (χ1v) is 8.86. The summed E-state index contributed by atoms with van der Waals surface area (Å²) in [4.78, 5) is 14.1. The Kier molecular flexibility index (Phi) is 7.01. The van der Waals surface area contributed by atoms with E-state index in [0.29, 0.717) is 37.6 Å². The minimum absolute atomic E-state index is 0. The predicted octanol–water partition coefficient (Wildman–Crippen LogP) is 0.845. The Balaban J connectivity index is 0.00000264. The summed E-state index contributed by atoms with van der Waals surface area (Å²) in [5.41, 5.74) is 6.53. The number of sulfonamides is 1. The zero-order valence-corrected chi connectivity index (χ0v) is 15.1. The molecule has 0 radical (unpaired) electrons. The fourth-order valence-corrected chi connectivity index (χ4v) is 3.84. The van der Waals surface area contributed by atoms with Gasteiger partial charge in [-0.2, -0.15) is 4.31 Å². The van der Waals surface area contributed by atoms with E-state index in [4.69, 9.17) is 5.73 Å². The Bertz CT molecular complexity index is 626. The van der Waals surface area contributed by atoms with Gasteiger partial charge in [0.1, 0.15) is 0 Å². The van der Waals surface area contributed by atoms with E-state index < -0.39 is 10.0 Å². The van der Waals surface area contributed by atoms with Gasteiger partial charge in [-0.25, -0.2) is 8.42 Å². The maximum absolute atomic E-state index is 12.6. The van der Waals surface area contributed by atoms with E-state index >= 15 is 0 Å². The fourth-order valence-electron chi connectivity index (χ4n) is 2.42. The number of carbonyl (C=O) groups is 1. The highest BCUT2D eigenvalue weighted by Gasteiger charge is 2.31. The van der Waals surface area contributed by atoms with Gasteiger partial charge in [0.05, 0.1) is 4.90 Å². The van der Waals surface area contributed by atoms with Crippen LogP contribution in [0.2, 0.25) is 0 Å². The minimum atomic E-state index is -3.48. The Labute approximate surface area is 144 Å². The molecule has 1 aliphatic rings. The lowest BCUT2D eigenvalue weighted by atomic mass is 10.1. The first kappa shape index (κ1) is 19.9. The van der Waals surface area contributed by atoms with Crippen LogP contribution in [-0.2, 0) is 14.8 Å². The summed E-state index contributed by atoms with van der Waals surface area (Å²) in [6, 6.07) is 6.82. The van der Waals surface area contributed by atoms with Crippen molar-refractivity contribution in [3.63, 3.8) is 0 Å². The van der Waals surface area contributed by atoms with Gasteiger partial charge in [0.25, 0.3) is 0 Å². The first-order chi connectivity index (χ1) is 10.4. The van der Waals surface area contributed by atoms with Crippen LogP contribution in [0.5, 0.6) is 0 Å². The second kappa shape index (κ2) is 8.10. The van der Waals surface area contributed by atoms with Crippen molar-refractivity contribution >= 4 is 28.3 Å². The molecule has 1 aliphatic heterocycles. The molecule has 1 atom stereocenters. The molecule has 1 unspecified atom stereocenters. The Morgan fingerprint density at radius 2 is 1.70 bits per heavy atom. The molecular weight excluding hydrogens is 338 g/mol. The van der Waals surface area contributed by atoms with Crippen LogP contribution in [0.25, 0.3) is 0 Å². The van der Waals surface area contributed by atoms with Gasteiger partial charge in [0.15, 0.2) is 0 Å². The van der Waals surface area contributed by atoms with E-state index in [9.17, 15) is 13.2 Å². The molecular formula is C15H24ClN3O3S. The third-order valence-electron chi connectivity index (χ3n) is 3.98. The zero-order chi connectivity index (χ0) is 16.3. The number of nitrogens with two attached hydrogens (primary N) is 1. The average Bonchev–Trinajstić information content (AvgIpc) is 2.54. The van der Waals surface area contributed by atoms with Crippen molar-refractivity contribution in [2.45, 2.75) is 18.7 Å². The highest BCUT2D eigenvalue weighted by atomic mass is 35.5. The predicted molar refractivity (Wildman–Crippen MR) is 92.0 cm³/mol. The summed E-state index contributed by atoms with van der Waals surface area (Å²) in [6.07, 6.45) is 0. The van der Waals surface area contributed by atoms with E-state index in [2.05, 4.69) is 0 Å². The molecule has 6 nitrogen and oxygen atoms in total. The molecule has 2 rings (SSSR count). The lowest BCUT2D eigenvalue weighted by Gasteiger charge is -2.35. The summed E-state index contributed by atoms with van der Waals surface area (Å²) in [5, 5.41) is 0. The number of piperazine rings is 1. The van der Waals surface area contributed by atoms with E-state index in [1.165, 1.54) is 4.31 Å². The molecule has 0 aromatic heterocycles. The number of rotatable bonds is 4. The highest BCUT2D eigenvalue weighted by molar-refractivity contribution is 7.89. The molecule has 0 bridgehead atoms. The van der Waals surface area contributed by atoms with Gasteiger partial charge in [0.2, 0.25) is 15.9 Å². The van der Waals surface area contributed by atoms with Crippen LogP contribution >= 0.6 is 12.4 Å². The van der Waals surface area contributed by atoms with E-state index in [-0.39, 0.29) is 24.2 Å². The van der Waals surface area contributed by atoms with E-state index in [1.54, 1.807) is 36.1 Å². The second-order valence-electron chi connectivity index (χ2n) is 5.68. The Morgan fingerprint density at radius 3 is 2.17 bits per heavy atom. The number of benzene rings is 1. The second-order valence-corrected chi connectivity index (χ2v) is 7.62. The van der Waals surface area contributed by atoms with Gasteiger partial charge in [0, 0.05) is 38.6 Å². The molecule has 2 N–H and O–H groups in total. The van der Waals surface area contributed by atoms with E-state index in [0.717, 1.165) is 5.56 Å². The van der Waals surface area contributed by atoms with Gasteiger partial charge in [-0.05, 0) is 19.1 Å². The quantitative estimate of drug-likeness (QED) is 0.861. The summed E-state index contributed by atoms with van der Waals surface area (Å²) in [6.45, 7) is 5.47. The van der Waals surface area contributed by atoms with Gasteiger partial charge >= 0.3 is 0 Å². The summed E-state index contributed by atoms with van der Waals surface area (Å²) in [5.74, 6) is -0.227. The number of aryl methyl sites for hydroxylation is 1. The van der Waals surface area contributed by atoms with Crippen molar-refractivity contribution in [1.82, 2.24) is 9.21 Å². The number of carbonyl (C=O) groups excluding carboxylic acids is 1. The maximum Gasteiger partial charge on any atom is 0.243 e. The van der Waals surface area contributed by atoms with Gasteiger partial charge < -0.3 is 10.6 Å². The summed E-state index contributed by atoms with van der Waals surface area (Å²) in [7, 11) is -3.48. The SMILES string of the molecule is Cc1ccc(S(=O)(=O)N2CCN(C(=O)C(C)CN)CC2)cc1.Cl.